The molecule has 6 nitrogen and oxygen atoms in total. The van der Waals surface area contributed by atoms with E-state index in [9.17, 15) is 4.79 Å². The van der Waals surface area contributed by atoms with Crippen LogP contribution in [-0.4, -0.2) is 31.4 Å². The SMILES string of the molecule is C=CCn1c(SCC(=O)NCc2ccccc2Cl)nnc1-c1cccnc1. The highest BCUT2D eigenvalue weighted by Crippen LogP contribution is 2.23. The van der Waals surface area contributed by atoms with Gasteiger partial charge in [-0.1, -0.05) is 47.6 Å². The van der Waals surface area contributed by atoms with Crippen LogP contribution in [0.2, 0.25) is 5.02 Å². The van der Waals surface area contributed by atoms with Crippen LogP contribution >= 0.6 is 23.4 Å². The van der Waals surface area contributed by atoms with Gasteiger partial charge in [-0.05, 0) is 23.8 Å². The topological polar surface area (TPSA) is 72.7 Å². The summed E-state index contributed by atoms with van der Waals surface area (Å²) in [6, 6.07) is 11.2. The first-order chi connectivity index (χ1) is 13.2. The molecule has 3 aromatic rings. The van der Waals surface area contributed by atoms with Crippen molar-refractivity contribution in [2.75, 3.05) is 5.75 Å². The van der Waals surface area contributed by atoms with Gasteiger partial charge in [0, 0.05) is 36.1 Å². The Hall–Kier alpha value is -2.64. The third-order valence-corrected chi connectivity index (χ3v) is 5.05. The summed E-state index contributed by atoms with van der Waals surface area (Å²) >= 11 is 7.43. The molecule has 0 fully saturated rings. The number of benzene rings is 1. The number of thioether (sulfide) groups is 1. The normalized spacial score (nSPS) is 10.6. The predicted molar refractivity (Wildman–Crippen MR) is 107 cm³/mol. The minimum Gasteiger partial charge on any atom is -0.351 e. The van der Waals surface area contributed by atoms with E-state index >= 15 is 0 Å². The lowest BCUT2D eigenvalue weighted by Gasteiger charge is -2.08. The molecule has 27 heavy (non-hydrogen) atoms. The van der Waals surface area contributed by atoms with Crippen molar-refractivity contribution in [2.24, 2.45) is 0 Å². The summed E-state index contributed by atoms with van der Waals surface area (Å²) in [6.07, 6.45) is 5.20. The number of rotatable bonds is 8. The van der Waals surface area contributed by atoms with E-state index in [1.807, 2.05) is 34.9 Å². The first kappa shape index (κ1) is 19.1. The molecule has 0 spiro atoms. The van der Waals surface area contributed by atoms with E-state index in [-0.39, 0.29) is 11.7 Å². The van der Waals surface area contributed by atoms with Gasteiger partial charge < -0.3 is 5.32 Å². The average Bonchev–Trinajstić information content (AvgIpc) is 3.09. The molecule has 0 bridgehead atoms. The van der Waals surface area contributed by atoms with Gasteiger partial charge in [-0.2, -0.15) is 0 Å². The van der Waals surface area contributed by atoms with Crippen LogP contribution in [0.25, 0.3) is 11.4 Å². The second kappa shape index (κ2) is 9.34. The third-order valence-electron chi connectivity index (χ3n) is 3.71. The van der Waals surface area contributed by atoms with Gasteiger partial charge in [0.05, 0.1) is 5.75 Å². The number of carbonyl (C=O) groups is 1. The number of allylic oxidation sites excluding steroid dienone is 1. The number of nitrogens with one attached hydrogen (secondary N) is 1. The van der Waals surface area contributed by atoms with Crippen LogP contribution in [0.15, 0.2) is 66.6 Å². The van der Waals surface area contributed by atoms with E-state index in [0.717, 1.165) is 11.1 Å². The smallest absolute Gasteiger partial charge is 0.230 e. The van der Waals surface area contributed by atoms with Gasteiger partial charge >= 0.3 is 0 Å². The van der Waals surface area contributed by atoms with Crippen LogP contribution < -0.4 is 5.32 Å². The van der Waals surface area contributed by atoms with Gasteiger partial charge in [0.15, 0.2) is 11.0 Å². The van der Waals surface area contributed by atoms with E-state index in [2.05, 4.69) is 27.1 Å². The molecule has 0 aliphatic carbocycles. The average molecular weight is 400 g/mol. The Kier molecular flexibility index (Phi) is 6.62. The molecule has 0 aliphatic rings. The summed E-state index contributed by atoms with van der Waals surface area (Å²) in [5, 5.41) is 12.6. The molecule has 0 radical (unpaired) electrons. The summed E-state index contributed by atoms with van der Waals surface area (Å²) in [6.45, 7) is 4.72. The highest BCUT2D eigenvalue weighted by atomic mass is 35.5. The molecule has 0 aliphatic heterocycles. The molecule has 1 amide bonds. The zero-order valence-corrected chi connectivity index (χ0v) is 16.1. The van der Waals surface area contributed by atoms with Gasteiger partial charge in [-0.15, -0.1) is 16.8 Å². The third kappa shape index (κ3) is 4.96. The Balaban J connectivity index is 1.63. The van der Waals surface area contributed by atoms with Crippen molar-refractivity contribution in [3.8, 4) is 11.4 Å². The van der Waals surface area contributed by atoms with Crippen molar-refractivity contribution in [3.05, 3.63) is 72.0 Å². The molecule has 2 aromatic heterocycles. The Morgan fingerprint density at radius 1 is 1.26 bits per heavy atom. The number of hydrogen-bond acceptors (Lipinski definition) is 5. The Morgan fingerprint density at radius 2 is 2.11 bits per heavy atom. The van der Waals surface area contributed by atoms with Crippen LogP contribution in [0.3, 0.4) is 0 Å². The number of halogens is 1. The van der Waals surface area contributed by atoms with Crippen molar-refractivity contribution in [1.29, 1.82) is 0 Å². The lowest BCUT2D eigenvalue weighted by Crippen LogP contribution is -2.24. The molecule has 0 saturated carbocycles. The van der Waals surface area contributed by atoms with Crippen LogP contribution in [-0.2, 0) is 17.9 Å². The molecule has 2 heterocycles. The molecule has 138 valence electrons. The summed E-state index contributed by atoms with van der Waals surface area (Å²) in [7, 11) is 0. The summed E-state index contributed by atoms with van der Waals surface area (Å²) < 4.78 is 1.91. The fourth-order valence-corrected chi connectivity index (χ4v) is 3.39. The Bertz CT molecular complexity index is 929. The van der Waals surface area contributed by atoms with Crippen LogP contribution in [0.5, 0.6) is 0 Å². The summed E-state index contributed by atoms with van der Waals surface area (Å²) in [5.41, 5.74) is 1.74. The van der Waals surface area contributed by atoms with Crippen molar-refractivity contribution >= 4 is 29.3 Å². The number of pyridine rings is 1. The maximum atomic E-state index is 12.2. The summed E-state index contributed by atoms with van der Waals surface area (Å²) in [4.78, 5) is 16.3. The molecule has 3 rings (SSSR count). The molecular formula is C19H18ClN5OS. The maximum absolute atomic E-state index is 12.2. The van der Waals surface area contributed by atoms with Crippen molar-refractivity contribution < 1.29 is 4.79 Å². The van der Waals surface area contributed by atoms with Gasteiger partial charge in [0.25, 0.3) is 0 Å². The lowest BCUT2D eigenvalue weighted by molar-refractivity contribution is -0.118. The minimum atomic E-state index is -0.101. The molecule has 0 atom stereocenters. The molecule has 8 heteroatoms. The van der Waals surface area contributed by atoms with Crippen LogP contribution in [0.1, 0.15) is 5.56 Å². The van der Waals surface area contributed by atoms with Crippen molar-refractivity contribution in [2.45, 2.75) is 18.2 Å². The maximum Gasteiger partial charge on any atom is 0.230 e. The first-order valence-electron chi connectivity index (χ1n) is 8.26. The van der Waals surface area contributed by atoms with Gasteiger partial charge in [0.2, 0.25) is 5.91 Å². The molecular weight excluding hydrogens is 382 g/mol. The summed E-state index contributed by atoms with van der Waals surface area (Å²) in [5.74, 6) is 0.824. The number of nitrogens with zero attached hydrogens (tertiary/aromatic N) is 4. The second-order valence-electron chi connectivity index (χ2n) is 5.60. The zero-order valence-electron chi connectivity index (χ0n) is 14.5. The van der Waals surface area contributed by atoms with Gasteiger partial charge in [0.1, 0.15) is 0 Å². The Morgan fingerprint density at radius 3 is 2.85 bits per heavy atom. The largest absolute Gasteiger partial charge is 0.351 e. The minimum absolute atomic E-state index is 0.101. The number of carbonyl (C=O) groups excluding carboxylic acids is 1. The molecule has 0 unspecified atom stereocenters. The van der Waals surface area contributed by atoms with E-state index in [1.54, 1.807) is 24.5 Å². The molecule has 1 N–H and O–H groups in total. The van der Waals surface area contributed by atoms with Crippen molar-refractivity contribution in [3.63, 3.8) is 0 Å². The molecule has 0 saturated heterocycles. The predicted octanol–water partition coefficient (Wildman–Crippen LogP) is 3.59. The fraction of sp³-hybridized carbons (Fsp3) is 0.158. The highest BCUT2D eigenvalue weighted by molar-refractivity contribution is 7.99. The first-order valence-corrected chi connectivity index (χ1v) is 9.63. The van der Waals surface area contributed by atoms with E-state index in [0.29, 0.717) is 29.1 Å². The van der Waals surface area contributed by atoms with E-state index < -0.39 is 0 Å². The Labute approximate surface area is 166 Å². The lowest BCUT2D eigenvalue weighted by atomic mass is 10.2. The standard InChI is InChI=1S/C19H18ClN5OS/c1-2-10-25-18(15-7-5-9-21-11-15)23-24-19(25)27-13-17(26)22-12-14-6-3-4-8-16(14)20/h2-9,11H,1,10,12-13H2,(H,22,26). The fourth-order valence-electron chi connectivity index (χ4n) is 2.41. The highest BCUT2D eigenvalue weighted by Gasteiger charge is 2.15. The van der Waals surface area contributed by atoms with Crippen LogP contribution in [0.4, 0.5) is 0 Å². The zero-order chi connectivity index (χ0) is 19.1. The number of amides is 1. The van der Waals surface area contributed by atoms with E-state index in [1.165, 1.54) is 11.8 Å². The number of hydrogen-bond donors (Lipinski definition) is 1. The van der Waals surface area contributed by atoms with E-state index in [4.69, 9.17) is 11.6 Å². The second-order valence-corrected chi connectivity index (χ2v) is 6.95. The quantitative estimate of drug-likeness (QED) is 0.463. The van der Waals surface area contributed by atoms with Crippen molar-refractivity contribution in [1.82, 2.24) is 25.1 Å². The monoisotopic (exact) mass is 399 g/mol. The van der Waals surface area contributed by atoms with Gasteiger partial charge in [-0.3, -0.25) is 14.3 Å². The van der Waals surface area contributed by atoms with Crippen LogP contribution in [0, 0.1) is 0 Å². The van der Waals surface area contributed by atoms with Gasteiger partial charge in [-0.25, -0.2) is 0 Å². The number of aromatic nitrogens is 4. The molecule has 1 aromatic carbocycles.